The second-order valence-corrected chi connectivity index (χ2v) is 27.3. The highest BCUT2D eigenvalue weighted by atomic mass is 32.1. The molecule has 26 unspecified atom stereocenters. The van der Waals surface area contributed by atoms with Crippen molar-refractivity contribution in [2.24, 2.45) is 28.7 Å². The molecular formula is C60H93N19O27S2. The molecule has 3 saturated heterocycles. The third-order valence-electron chi connectivity index (χ3n) is 17.2. The van der Waals surface area contributed by atoms with Gasteiger partial charge in [0.25, 0.3) is 11.8 Å². The highest BCUT2D eigenvalue weighted by Gasteiger charge is 2.54. The van der Waals surface area contributed by atoms with Crippen LogP contribution in [0.15, 0.2) is 23.3 Å². The van der Waals surface area contributed by atoms with E-state index in [0.29, 0.717) is 13.1 Å². The molecule has 4 aromatic heterocycles. The number of ether oxygens (including phenoxy) is 7. The van der Waals surface area contributed by atoms with Crippen molar-refractivity contribution in [3.05, 3.63) is 56.8 Å². The van der Waals surface area contributed by atoms with E-state index >= 15 is 4.79 Å². The molecule has 3 aliphatic heterocycles. The van der Waals surface area contributed by atoms with Gasteiger partial charge in [0.2, 0.25) is 29.5 Å². The van der Waals surface area contributed by atoms with E-state index in [-0.39, 0.29) is 39.2 Å². The molecule has 48 heteroatoms. The molecule has 0 aliphatic carbocycles. The fourth-order valence-electron chi connectivity index (χ4n) is 11.0. The third kappa shape index (κ3) is 22.6. The minimum absolute atomic E-state index is 0.0263. The first kappa shape index (κ1) is 87.3. The Morgan fingerprint density at radius 3 is 2.02 bits per heavy atom. The van der Waals surface area contributed by atoms with Crippen LogP contribution in [0.1, 0.15) is 102 Å². The minimum Gasteiger partial charge on any atom is -0.441 e. The molecule has 3 fully saturated rings. The highest BCUT2D eigenvalue weighted by Crippen LogP contribution is 2.36. The number of nitrogens with one attached hydrogen (secondary N) is 8. The summed E-state index contributed by atoms with van der Waals surface area (Å²) in [5.74, 6) is -8.40. The molecule has 3 aliphatic rings. The van der Waals surface area contributed by atoms with Gasteiger partial charge in [-0.1, -0.05) is 0 Å². The van der Waals surface area contributed by atoms with E-state index in [1.807, 2.05) is 0 Å². The number of amides is 8. The first-order chi connectivity index (χ1) is 50.9. The van der Waals surface area contributed by atoms with Crippen LogP contribution in [0.2, 0.25) is 0 Å². The number of hydrogen-bond acceptors (Lipinski definition) is 39. The molecule has 8 amide bonds. The number of aliphatic hydroxyl groups is 12. The van der Waals surface area contributed by atoms with Crippen molar-refractivity contribution in [1.82, 2.24) is 67.1 Å². The molecule has 7 heterocycles. The highest BCUT2D eigenvalue weighted by molar-refractivity contribution is 7.14. The standard InChI is InChI=1S/C60H93N19O27S2/c1-18(82)10-67-6-7-69-50(95)26-15-107-55(73-26)27-16-108-56(74-27)43(93)54(106-57-41(91)39(89)33(63)22(5)100-57)79-52(97)35(21(4)83)75-32(86)9-28(84)20(3)72-53(98)36(77-51(96)34-19(2)47(64)78-49(76-34)24(8-31(62)85)70-11-23(61)48(65)94)44(25-12-68-17-71-25)103-59-46(40(90)37(87)29(13-80)102-59)104-58-42(92)45(105-60(66)99)38(88)30(14-81)101-58/h12,15-18,20-24,28-30,33,35-46,54,57-59,67,70,80-84,87-93H,6-11,13-14,61,63H2,1-5H3,(H2,62,85)(H2,65,94)(H2,66,99)(H,68,71)(H,69,95)(H,72,98)(H,75,86)(H,77,96)(H,79,97)(H2,64,76,78). The molecule has 46 nitrogen and oxygen atoms in total. The van der Waals surface area contributed by atoms with E-state index in [1.165, 1.54) is 24.6 Å². The Morgan fingerprint density at radius 1 is 0.713 bits per heavy atom. The van der Waals surface area contributed by atoms with Crippen molar-refractivity contribution in [1.29, 1.82) is 0 Å². The van der Waals surface area contributed by atoms with Crippen LogP contribution in [0.5, 0.6) is 0 Å². The van der Waals surface area contributed by atoms with Crippen LogP contribution < -0.4 is 71.6 Å². The maximum atomic E-state index is 15.3. The van der Waals surface area contributed by atoms with Crippen molar-refractivity contribution in [3.63, 3.8) is 0 Å². The number of H-pyrrole nitrogens is 1. The van der Waals surface area contributed by atoms with E-state index in [2.05, 4.69) is 67.1 Å². The molecule has 4 aromatic rings. The van der Waals surface area contributed by atoms with Crippen LogP contribution in [-0.4, -0.2) is 319 Å². The number of carbonyl (C=O) groups excluding carboxylic acids is 8. The largest absolute Gasteiger partial charge is 0.441 e. The Kier molecular flexibility index (Phi) is 32.0. The van der Waals surface area contributed by atoms with E-state index in [1.54, 1.807) is 6.92 Å². The molecule has 108 heavy (non-hydrogen) atoms. The van der Waals surface area contributed by atoms with E-state index in [4.69, 9.17) is 67.6 Å². The summed E-state index contributed by atoms with van der Waals surface area (Å²) >= 11 is 1.85. The maximum absolute atomic E-state index is 15.3. The molecule has 0 aromatic carbocycles. The van der Waals surface area contributed by atoms with Crippen LogP contribution in [0.25, 0.3) is 10.7 Å². The second-order valence-electron chi connectivity index (χ2n) is 25.6. The van der Waals surface area contributed by atoms with Gasteiger partial charge in [-0.15, -0.1) is 22.7 Å². The van der Waals surface area contributed by atoms with Crippen LogP contribution >= 0.6 is 22.7 Å². The van der Waals surface area contributed by atoms with E-state index in [9.17, 15) is 94.8 Å². The minimum atomic E-state index is -2.26. The zero-order chi connectivity index (χ0) is 79.9. The topological polar surface area (TPSA) is 765 Å². The number of carbonyl (C=O) groups is 8. The maximum Gasteiger partial charge on any atom is 0.404 e. The average Bonchev–Trinajstić information content (AvgIpc) is 0.793. The molecule has 32 N–H and O–H groups in total. The normalized spacial score (nSPS) is 27.5. The number of anilines is 1. The third-order valence-corrected chi connectivity index (χ3v) is 19.0. The number of aliphatic hydroxyl groups excluding tert-OH is 12. The van der Waals surface area contributed by atoms with Gasteiger partial charge in [0, 0.05) is 48.9 Å². The van der Waals surface area contributed by atoms with Crippen molar-refractivity contribution in [3.8, 4) is 10.7 Å². The lowest BCUT2D eigenvalue weighted by Gasteiger charge is -2.47. The van der Waals surface area contributed by atoms with Gasteiger partial charge >= 0.3 is 6.09 Å². The number of aromatic nitrogens is 6. The van der Waals surface area contributed by atoms with Gasteiger partial charge in [0.15, 0.2) is 37.3 Å². The lowest BCUT2D eigenvalue weighted by Crippen LogP contribution is -2.65. The zero-order valence-electron chi connectivity index (χ0n) is 58.5. The predicted octanol–water partition coefficient (Wildman–Crippen LogP) is -11.6. The van der Waals surface area contributed by atoms with Gasteiger partial charge in [0.05, 0.1) is 86.4 Å². The van der Waals surface area contributed by atoms with E-state index in [0.717, 1.165) is 49.0 Å². The summed E-state index contributed by atoms with van der Waals surface area (Å²) in [5.41, 5.74) is 33.3. The average molecular weight is 1580 g/mol. The summed E-state index contributed by atoms with van der Waals surface area (Å²) in [6.45, 7) is 4.88. The van der Waals surface area contributed by atoms with Crippen molar-refractivity contribution in [2.45, 2.75) is 206 Å². The SMILES string of the molecule is Cc1c(N)nc(C(CC(N)=O)NCC(N)C(N)=O)nc1C(=O)NC(C(=O)NC(C)C(O)CC(=O)NC(C(=O)NC(OC1OC(C)C(N)C(O)C1O)C(O)c1nc(-c2nc(C(=O)NCCNCC(C)O)cs2)cs1)C(C)O)C(OC1OC(CO)C(O)C(O)C1OC1OC(CO)C(O)C(OC(N)=O)C1O)c1cnc[nH]1. The van der Waals surface area contributed by atoms with Gasteiger partial charge in [-0.25, -0.2) is 29.7 Å². The fraction of sp³-hybridized carbons (Fsp3) is 0.650. The predicted molar refractivity (Wildman–Crippen MR) is 366 cm³/mol. The summed E-state index contributed by atoms with van der Waals surface area (Å²) in [4.78, 5) is 132. The quantitative estimate of drug-likeness (QED) is 0.0146. The van der Waals surface area contributed by atoms with Crippen LogP contribution in [0.3, 0.4) is 0 Å². The summed E-state index contributed by atoms with van der Waals surface area (Å²) in [5, 5.41) is 153. The number of primary amides is 3. The van der Waals surface area contributed by atoms with Crippen LogP contribution in [0.4, 0.5) is 10.6 Å². The Bertz CT molecular complexity index is 3670. The molecule has 602 valence electrons. The summed E-state index contributed by atoms with van der Waals surface area (Å²) in [7, 11) is 0. The number of rotatable bonds is 38. The number of hydrogen-bond donors (Lipinski definition) is 26. The lowest BCUT2D eigenvalue weighted by atomic mass is 9.97. The molecule has 26 atom stereocenters. The van der Waals surface area contributed by atoms with Gasteiger partial charge in [-0.05, 0) is 34.6 Å². The smallest absolute Gasteiger partial charge is 0.404 e. The first-order valence-electron chi connectivity index (χ1n) is 33.4. The number of nitrogens with zero attached hydrogens (tertiary/aromatic N) is 5. The monoisotopic (exact) mass is 1580 g/mol. The lowest BCUT2D eigenvalue weighted by molar-refractivity contribution is -0.372. The van der Waals surface area contributed by atoms with Gasteiger partial charge in [0.1, 0.15) is 112 Å². The molecular weight excluding hydrogens is 1480 g/mol. The number of thiazole rings is 2. The summed E-state index contributed by atoms with van der Waals surface area (Å²) < 4.78 is 40.3. The Labute approximate surface area is 621 Å². The summed E-state index contributed by atoms with van der Waals surface area (Å²) in [6, 6.07) is -9.69. The summed E-state index contributed by atoms with van der Waals surface area (Å²) in [6.07, 6.45) is -38.5. The number of aromatic amines is 1. The first-order valence-corrected chi connectivity index (χ1v) is 35.2. The van der Waals surface area contributed by atoms with Gasteiger partial charge in [-0.2, -0.15) is 0 Å². The molecule has 0 radical (unpaired) electrons. The van der Waals surface area contributed by atoms with Gasteiger partial charge < -0.3 is 171 Å². The molecule has 0 spiro atoms. The number of imidazole rings is 1. The second kappa shape index (κ2) is 39.6. The van der Waals surface area contributed by atoms with Crippen molar-refractivity contribution < 1.29 is 133 Å². The van der Waals surface area contributed by atoms with Crippen molar-refractivity contribution in [2.75, 3.05) is 45.1 Å². The van der Waals surface area contributed by atoms with Crippen LogP contribution in [0, 0.1) is 6.92 Å². The molecule has 7 rings (SSSR count). The van der Waals surface area contributed by atoms with E-state index < -0.39 is 256 Å². The number of nitrogens with two attached hydrogens (primary N) is 6. The Hall–Kier alpha value is -7.97. The van der Waals surface area contributed by atoms with Crippen molar-refractivity contribution >= 4 is 75.9 Å². The molecule has 0 saturated carbocycles. The number of nitrogen functional groups attached to an aromatic ring is 1. The Balaban J connectivity index is 1.17. The zero-order valence-corrected chi connectivity index (χ0v) is 60.1. The van der Waals surface area contributed by atoms with Crippen LogP contribution in [-0.2, 0) is 57.1 Å². The fourth-order valence-corrected chi connectivity index (χ4v) is 12.6. The van der Waals surface area contributed by atoms with Gasteiger partial charge in [-0.3, -0.25) is 33.6 Å². The molecule has 0 bridgehead atoms. The Morgan fingerprint density at radius 2 is 1.39 bits per heavy atom.